The van der Waals surface area contributed by atoms with Crippen LogP contribution in [-0.2, 0) is 0 Å². The largest absolute Gasteiger partial charge is 0.398 e. The molecule has 1 aliphatic carbocycles. The molecule has 3 N–H and O–H groups in total. The molecule has 0 bridgehead atoms. The number of carbonyl (C=O) groups is 1. The zero-order valence-electron chi connectivity index (χ0n) is 11.2. The molecule has 0 aliphatic heterocycles. The molecule has 0 heterocycles. The highest BCUT2D eigenvalue weighted by atomic mass is 79.9. The number of nitrogens with two attached hydrogens (primary N) is 1. The Balaban J connectivity index is 2.16. The lowest BCUT2D eigenvalue weighted by atomic mass is 10.1. The molecule has 0 aromatic heterocycles. The summed E-state index contributed by atoms with van der Waals surface area (Å²) in [5.74, 6) is -0.0172. The number of hydrogen-bond acceptors (Lipinski definition) is 3. The maximum Gasteiger partial charge on any atom is 0.251 e. The molecule has 0 saturated heterocycles. The van der Waals surface area contributed by atoms with Crippen molar-refractivity contribution in [3.05, 3.63) is 27.7 Å². The van der Waals surface area contributed by atoms with Gasteiger partial charge >= 0.3 is 0 Å². The molecule has 3 nitrogen and oxygen atoms in total. The van der Waals surface area contributed by atoms with Crippen molar-refractivity contribution in [2.24, 2.45) is 0 Å². The summed E-state index contributed by atoms with van der Waals surface area (Å²) in [5, 5.41) is 3.69. The van der Waals surface area contributed by atoms with E-state index >= 15 is 0 Å². The fraction of sp³-hybridized carbons (Fsp3) is 0.500. The van der Waals surface area contributed by atoms with E-state index < -0.39 is 0 Å². The van der Waals surface area contributed by atoms with E-state index in [1.54, 1.807) is 0 Å². The third kappa shape index (κ3) is 3.26. The first kappa shape index (κ1) is 14.7. The highest BCUT2D eigenvalue weighted by Crippen LogP contribution is 2.29. The monoisotopic (exact) mass is 342 g/mol. The molecular formula is C14H19BrN2OS. The van der Waals surface area contributed by atoms with E-state index in [9.17, 15) is 4.79 Å². The summed E-state index contributed by atoms with van der Waals surface area (Å²) < 4.78 is 0.841. The van der Waals surface area contributed by atoms with E-state index in [0.717, 1.165) is 16.5 Å². The van der Waals surface area contributed by atoms with Gasteiger partial charge in [0.15, 0.2) is 0 Å². The first-order valence-electron chi connectivity index (χ1n) is 6.42. The molecule has 1 fully saturated rings. The molecule has 1 aromatic carbocycles. The van der Waals surface area contributed by atoms with Crippen LogP contribution in [-0.4, -0.2) is 23.5 Å². The van der Waals surface area contributed by atoms with Gasteiger partial charge in [0.1, 0.15) is 0 Å². The lowest BCUT2D eigenvalue weighted by Gasteiger charge is -2.20. The number of anilines is 1. The van der Waals surface area contributed by atoms with E-state index in [1.165, 1.54) is 12.8 Å². The highest BCUT2D eigenvalue weighted by Gasteiger charge is 2.28. The Hall–Kier alpha value is -0.680. The van der Waals surface area contributed by atoms with Gasteiger partial charge in [0.2, 0.25) is 0 Å². The van der Waals surface area contributed by atoms with Crippen LogP contribution in [0.1, 0.15) is 35.2 Å². The molecule has 2 atom stereocenters. The van der Waals surface area contributed by atoms with Gasteiger partial charge in [0.05, 0.1) is 0 Å². The zero-order valence-corrected chi connectivity index (χ0v) is 13.6. The molecule has 1 aliphatic rings. The number of benzene rings is 1. The van der Waals surface area contributed by atoms with Gasteiger partial charge in [0.25, 0.3) is 5.91 Å². The number of nitrogen functional groups attached to an aromatic ring is 1. The fourth-order valence-corrected chi connectivity index (χ4v) is 3.97. The second-order valence-electron chi connectivity index (χ2n) is 4.95. The third-order valence-electron chi connectivity index (χ3n) is 3.73. The van der Waals surface area contributed by atoms with Crippen molar-refractivity contribution in [1.29, 1.82) is 0 Å². The SMILES string of the molecule is CSC1CCCC1NC(=O)c1cc(Br)cc(N)c1C. The number of halogens is 1. The Morgan fingerprint density at radius 2 is 2.21 bits per heavy atom. The van der Waals surface area contributed by atoms with Crippen LogP contribution in [0.2, 0.25) is 0 Å². The number of hydrogen-bond donors (Lipinski definition) is 2. The molecule has 1 amide bonds. The standard InChI is InChI=1S/C14H19BrN2OS/c1-8-10(6-9(15)7-11(8)16)14(18)17-12-4-3-5-13(12)19-2/h6-7,12-13H,3-5,16H2,1-2H3,(H,17,18). The molecule has 1 aromatic rings. The quantitative estimate of drug-likeness (QED) is 0.828. The predicted octanol–water partition coefficient (Wildman–Crippen LogP) is 3.35. The van der Waals surface area contributed by atoms with Crippen molar-refractivity contribution in [3.63, 3.8) is 0 Å². The lowest BCUT2D eigenvalue weighted by Crippen LogP contribution is -2.39. The number of thioether (sulfide) groups is 1. The normalized spacial score (nSPS) is 22.5. The van der Waals surface area contributed by atoms with Crippen molar-refractivity contribution in [1.82, 2.24) is 5.32 Å². The Morgan fingerprint density at radius 1 is 1.47 bits per heavy atom. The Kier molecular flexibility index (Phi) is 4.79. The Morgan fingerprint density at radius 3 is 2.89 bits per heavy atom. The van der Waals surface area contributed by atoms with Crippen LogP contribution in [0.5, 0.6) is 0 Å². The van der Waals surface area contributed by atoms with E-state index in [1.807, 2.05) is 30.8 Å². The van der Waals surface area contributed by atoms with Crippen molar-refractivity contribution in [3.8, 4) is 0 Å². The van der Waals surface area contributed by atoms with Crippen LogP contribution in [0.3, 0.4) is 0 Å². The summed E-state index contributed by atoms with van der Waals surface area (Å²) in [7, 11) is 0. The van der Waals surface area contributed by atoms with Gasteiger partial charge in [-0.3, -0.25) is 4.79 Å². The van der Waals surface area contributed by atoms with Crippen LogP contribution >= 0.6 is 27.7 Å². The van der Waals surface area contributed by atoms with Crippen LogP contribution < -0.4 is 11.1 Å². The maximum absolute atomic E-state index is 12.4. The number of nitrogens with one attached hydrogen (secondary N) is 1. The lowest BCUT2D eigenvalue weighted by molar-refractivity contribution is 0.0938. The van der Waals surface area contributed by atoms with Crippen molar-refractivity contribution < 1.29 is 4.79 Å². The van der Waals surface area contributed by atoms with Gasteiger partial charge < -0.3 is 11.1 Å². The van der Waals surface area contributed by atoms with E-state index in [-0.39, 0.29) is 11.9 Å². The second kappa shape index (κ2) is 6.18. The number of carbonyl (C=O) groups excluding carboxylic acids is 1. The summed E-state index contributed by atoms with van der Waals surface area (Å²) in [6.07, 6.45) is 5.55. The van der Waals surface area contributed by atoms with Gasteiger partial charge in [-0.05, 0) is 43.7 Å². The van der Waals surface area contributed by atoms with Crippen LogP contribution in [0.4, 0.5) is 5.69 Å². The molecule has 0 spiro atoms. The molecule has 2 unspecified atom stereocenters. The van der Waals surface area contributed by atoms with E-state index in [4.69, 9.17) is 5.73 Å². The van der Waals surface area contributed by atoms with Gasteiger partial charge in [-0.2, -0.15) is 11.8 Å². The van der Waals surface area contributed by atoms with Gasteiger partial charge in [-0.25, -0.2) is 0 Å². The second-order valence-corrected chi connectivity index (χ2v) is 6.95. The Bertz CT molecular complexity index is 493. The summed E-state index contributed by atoms with van der Waals surface area (Å²) in [4.78, 5) is 12.4. The summed E-state index contributed by atoms with van der Waals surface area (Å²) in [6.45, 7) is 1.89. The van der Waals surface area contributed by atoms with Crippen molar-refractivity contribution >= 4 is 39.3 Å². The van der Waals surface area contributed by atoms with Gasteiger partial charge in [-0.1, -0.05) is 22.4 Å². The Labute approximate surface area is 126 Å². The third-order valence-corrected chi connectivity index (χ3v) is 5.36. The topological polar surface area (TPSA) is 55.1 Å². The van der Waals surface area contributed by atoms with Crippen LogP contribution in [0, 0.1) is 6.92 Å². The maximum atomic E-state index is 12.4. The van der Waals surface area contributed by atoms with Crippen molar-refractivity contribution in [2.45, 2.75) is 37.5 Å². The molecular weight excluding hydrogens is 324 g/mol. The minimum absolute atomic E-state index is 0.0172. The minimum atomic E-state index is -0.0172. The summed E-state index contributed by atoms with van der Waals surface area (Å²) in [6, 6.07) is 3.94. The molecule has 19 heavy (non-hydrogen) atoms. The van der Waals surface area contributed by atoms with E-state index in [0.29, 0.717) is 16.5 Å². The van der Waals surface area contributed by atoms with Gasteiger partial charge in [0, 0.05) is 27.0 Å². The zero-order chi connectivity index (χ0) is 14.0. The van der Waals surface area contributed by atoms with E-state index in [2.05, 4.69) is 27.5 Å². The minimum Gasteiger partial charge on any atom is -0.398 e. The van der Waals surface area contributed by atoms with Crippen LogP contribution in [0.15, 0.2) is 16.6 Å². The predicted molar refractivity (Wildman–Crippen MR) is 85.7 cm³/mol. The molecule has 1 saturated carbocycles. The summed E-state index contributed by atoms with van der Waals surface area (Å²) in [5.41, 5.74) is 8.06. The fourth-order valence-electron chi connectivity index (χ4n) is 2.56. The van der Waals surface area contributed by atoms with Gasteiger partial charge in [-0.15, -0.1) is 0 Å². The smallest absolute Gasteiger partial charge is 0.251 e. The average Bonchev–Trinajstić information content (AvgIpc) is 2.80. The van der Waals surface area contributed by atoms with Crippen molar-refractivity contribution in [2.75, 3.05) is 12.0 Å². The molecule has 5 heteroatoms. The number of rotatable bonds is 3. The molecule has 2 rings (SSSR count). The molecule has 0 radical (unpaired) electrons. The first-order chi connectivity index (χ1) is 9.02. The average molecular weight is 343 g/mol. The number of amides is 1. The summed E-state index contributed by atoms with van der Waals surface area (Å²) >= 11 is 5.23. The van der Waals surface area contributed by atoms with Crippen LogP contribution in [0.25, 0.3) is 0 Å². The first-order valence-corrected chi connectivity index (χ1v) is 8.50. The highest BCUT2D eigenvalue weighted by molar-refractivity contribution is 9.10. The molecule has 104 valence electrons.